The van der Waals surface area contributed by atoms with Gasteiger partial charge in [0.1, 0.15) is 0 Å². The normalized spacial score (nSPS) is 18.9. The molecule has 0 spiro atoms. The van der Waals surface area contributed by atoms with Crippen LogP contribution in [0.25, 0.3) is 0 Å². The van der Waals surface area contributed by atoms with Gasteiger partial charge in [0.15, 0.2) is 0 Å². The number of urea groups is 1. The fourth-order valence-corrected chi connectivity index (χ4v) is 2.78. The number of nitro groups is 1. The zero-order valence-corrected chi connectivity index (χ0v) is 16.0. The molecule has 2 N–H and O–H groups in total. The number of carbonyl (C=O) groups is 1. The van der Waals surface area contributed by atoms with Crippen molar-refractivity contribution >= 4 is 23.6 Å². The Morgan fingerprint density at radius 1 is 1.26 bits per heavy atom. The van der Waals surface area contributed by atoms with Crippen LogP contribution in [0.15, 0.2) is 58.7 Å². The van der Waals surface area contributed by atoms with Crippen LogP contribution in [0, 0.1) is 17.0 Å². The van der Waals surface area contributed by atoms with Gasteiger partial charge in [0.05, 0.1) is 23.3 Å². The van der Waals surface area contributed by atoms with Crippen LogP contribution in [-0.4, -0.2) is 44.9 Å². The summed E-state index contributed by atoms with van der Waals surface area (Å²) in [5.74, 6) is 0. The third kappa shape index (κ3) is 4.53. The zero-order valence-electron chi connectivity index (χ0n) is 16.0. The second-order valence-electron chi connectivity index (χ2n) is 6.74. The molecule has 0 fully saturated rings. The lowest BCUT2D eigenvalue weighted by molar-refractivity contribution is -0.384. The third-order valence-corrected chi connectivity index (χ3v) is 4.49. The van der Waals surface area contributed by atoms with Crippen LogP contribution in [-0.2, 0) is 0 Å². The van der Waals surface area contributed by atoms with E-state index in [0.717, 1.165) is 11.8 Å². The molecule has 1 heterocycles. The van der Waals surface area contributed by atoms with E-state index in [4.69, 9.17) is 0 Å². The van der Waals surface area contributed by atoms with Gasteiger partial charge in [0, 0.05) is 12.1 Å². The number of rotatable bonds is 4. The van der Waals surface area contributed by atoms with E-state index in [1.165, 1.54) is 24.3 Å². The van der Waals surface area contributed by atoms with E-state index < -0.39 is 29.3 Å². The molecule has 0 radical (unpaired) electrons. The molecular weight excluding hydrogens is 419 g/mol. The predicted molar refractivity (Wildman–Crippen MR) is 104 cm³/mol. The number of hydrogen-bond donors (Lipinski definition) is 2. The summed E-state index contributed by atoms with van der Waals surface area (Å²) in [4.78, 5) is 22.3. The number of hydrogen-bond acceptors (Lipinski definition) is 6. The molecule has 0 bridgehead atoms. The first-order valence-electron chi connectivity index (χ1n) is 8.82. The molecule has 3 rings (SSSR count). The van der Waals surface area contributed by atoms with Gasteiger partial charge in [-0.25, -0.2) is 10.2 Å². The number of benzene rings is 2. The molecular formula is C19H16F3N5O4. The van der Waals surface area contributed by atoms with Gasteiger partial charge in [-0.2, -0.15) is 28.4 Å². The van der Waals surface area contributed by atoms with Gasteiger partial charge in [0.2, 0.25) is 0 Å². The monoisotopic (exact) mass is 435 g/mol. The highest BCUT2D eigenvalue weighted by atomic mass is 19.4. The average molecular weight is 435 g/mol. The molecule has 9 nitrogen and oxygen atoms in total. The van der Waals surface area contributed by atoms with E-state index in [-0.39, 0.29) is 16.4 Å². The number of aryl methyl sites for hydroxylation is 1. The maximum absolute atomic E-state index is 13.6. The van der Waals surface area contributed by atoms with Crippen LogP contribution < -0.4 is 5.43 Å². The van der Waals surface area contributed by atoms with Gasteiger partial charge >= 0.3 is 12.2 Å². The van der Waals surface area contributed by atoms with Gasteiger partial charge < -0.3 is 5.11 Å². The van der Waals surface area contributed by atoms with Crippen molar-refractivity contribution in [2.75, 3.05) is 0 Å². The lowest BCUT2D eigenvalue weighted by Gasteiger charge is -2.31. The second-order valence-corrected chi connectivity index (χ2v) is 6.74. The number of halogens is 3. The number of carbonyl (C=O) groups excluding carboxylic acids is 1. The smallest absolute Gasteiger partial charge is 0.362 e. The summed E-state index contributed by atoms with van der Waals surface area (Å²) in [7, 11) is 0. The molecule has 162 valence electrons. The number of nitrogens with one attached hydrogen (secondary N) is 1. The minimum Gasteiger partial charge on any atom is -0.362 e. The van der Waals surface area contributed by atoms with Crippen LogP contribution >= 0.6 is 0 Å². The molecule has 1 unspecified atom stereocenters. The van der Waals surface area contributed by atoms with E-state index in [0.29, 0.717) is 11.1 Å². The molecule has 0 aromatic heterocycles. The molecule has 0 saturated heterocycles. The summed E-state index contributed by atoms with van der Waals surface area (Å²) >= 11 is 0. The topological polar surface area (TPSA) is 120 Å². The van der Waals surface area contributed by atoms with E-state index in [2.05, 4.69) is 10.2 Å². The standard InChI is InChI=1S/C19H16F3N5O4/c1-12-2-6-14(7-3-12)16-10-18(29,19(20,21)22)26(25-16)17(28)24-23-11-13-4-8-15(9-5-13)27(30)31/h2-9,11,29H,10H2,1H3,(H,24,28)/b23-11+. The van der Waals surface area contributed by atoms with Crippen molar-refractivity contribution in [3.63, 3.8) is 0 Å². The highest BCUT2D eigenvalue weighted by Gasteiger charge is 2.63. The molecule has 1 aliphatic rings. The minimum atomic E-state index is -5.18. The van der Waals surface area contributed by atoms with Crippen LogP contribution in [0.2, 0.25) is 0 Å². The van der Waals surface area contributed by atoms with Gasteiger partial charge in [-0.05, 0) is 30.2 Å². The first kappa shape index (κ1) is 21.9. The highest BCUT2D eigenvalue weighted by molar-refractivity contribution is 6.03. The maximum Gasteiger partial charge on any atom is 0.438 e. The summed E-state index contributed by atoms with van der Waals surface area (Å²) in [6, 6.07) is 10.1. The van der Waals surface area contributed by atoms with Crippen molar-refractivity contribution in [1.82, 2.24) is 10.4 Å². The number of amides is 2. The van der Waals surface area contributed by atoms with Crippen molar-refractivity contribution in [1.29, 1.82) is 0 Å². The lowest BCUT2D eigenvalue weighted by atomic mass is 10.0. The van der Waals surface area contributed by atoms with Gasteiger partial charge in [-0.15, -0.1) is 0 Å². The van der Waals surface area contributed by atoms with Gasteiger partial charge in [0.25, 0.3) is 11.4 Å². The van der Waals surface area contributed by atoms with E-state index in [1.54, 1.807) is 31.2 Å². The fourth-order valence-electron chi connectivity index (χ4n) is 2.78. The molecule has 2 aromatic carbocycles. The Labute approximate surface area is 173 Å². The van der Waals surface area contributed by atoms with Crippen LogP contribution in [0.3, 0.4) is 0 Å². The summed E-state index contributed by atoms with van der Waals surface area (Å²) in [6.07, 6.45) is -5.05. The highest BCUT2D eigenvalue weighted by Crippen LogP contribution is 2.41. The predicted octanol–water partition coefficient (Wildman–Crippen LogP) is 3.31. The summed E-state index contributed by atoms with van der Waals surface area (Å²) in [5, 5.41) is 28.0. The average Bonchev–Trinajstić information content (AvgIpc) is 3.08. The van der Waals surface area contributed by atoms with Crippen molar-refractivity contribution in [2.24, 2.45) is 10.2 Å². The molecule has 0 saturated carbocycles. The molecule has 1 atom stereocenters. The van der Waals surface area contributed by atoms with E-state index >= 15 is 0 Å². The summed E-state index contributed by atoms with van der Waals surface area (Å²) < 4.78 is 40.7. The van der Waals surface area contributed by atoms with Crippen LogP contribution in [0.4, 0.5) is 23.7 Å². The van der Waals surface area contributed by atoms with Crippen molar-refractivity contribution < 1.29 is 28.0 Å². The van der Waals surface area contributed by atoms with E-state index in [1.807, 2.05) is 5.43 Å². The quantitative estimate of drug-likeness (QED) is 0.435. The first-order chi connectivity index (χ1) is 14.5. The molecule has 31 heavy (non-hydrogen) atoms. The maximum atomic E-state index is 13.6. The second kappa shape index (κ2) is 8.14. The Hall–Kier alpha value is -3.80. The largest absolute Gasteiger partial charge is 0.438 e. The Balaban J connectivity index is 1.80. The van der Waals surface area contributed by atoms with Crippen molar-refractivity contribution in [3.8, 4) is 0 Å². The van der Waals surface area contributed by atoms with Crippen molar-refractivity contribution in [2.45, 2.75) is 25.2 Å². The Kier molecular flexibility index (Phi) is 5.75. The lowest BCUT2D eigenvalue weighted by Crippen LogP contribution is -2.58. The van der Waals surface area contributed by atoms with Gasteiger partial charge in [-0.3, -0.25) is 10.1 Å². The molecule has 2 amide bonds. The molecule has 12 heteroatoms. The van der Waals surface area contributed by atoms with Gasteiger partial charge in [-0.1, -0.05) is 29.8 Å². The minimum absolute atomic E-state index is 0.0879. The number of nitrogens with zero attached hydrogens (tertiary/aromatic N) is 4. The SMILES string of the molecule is Cc1ccc(C2=NN(C(=O)N/N=C/c3ccc([N+](=O)[O-])cc3)C(O)(C(F)(F)F)C2)cc1. The Morgan fingerprint density at radius 2 is 1.87 bits per heavy atom. The van der Waals surface area contributed by atoms with Crippen LogP contribution in [0.5, 0.6) is 0 Å². The summed E-state index contributed by atoms with van der Waals surface area (Å²) in [6.45, 7) is 1.80. The summed E-state index contributed by atoms with van der Waals surface area (Å²) in [5.41, 5.74) is -0.385. The number of aliphatic hydroxyl groups is 1. The number of nitro benzene ring substituents is 1. The zero-order chi connectivity index (χ0) is 22.8. The number of hydrazone groups is 2. The van der Waals surface area contributed by atoms with Crippen molar-refractivity contribution in [3.05, 3.63) is 75.3 Å². The fraction of sp³-hybridized carbons (Fsp3) is 0.211. The van der Waals surface area contributed by atoms with E-state index in [9.17, 15) is 33.2 Å². The third-order valence-electron chi connectivity index (χ3n) is 4.49. The molecule has 1 aliphatic heterocycles. The number of alkyl halides is 3. The number of non-ortho nitro benzene ring substituents is 1. The molecule has 2 aromatic rings. The Morgan fingerprint density at radius 3 is 2.42 bits per heavy atom. The molecule has 0 aliphatic carbocycles. The first-order valence-corrected chi connectivity index (χ1v) is 8.82. The van der Waals surface area contributed by atoms with Crippen LogP contribution in [0.1, 0.15) is 23.1 Å². The Bertz CT molecular complexity index is 1050.